The molecule has 3 aromatic rings. The Kier molecular flexibility index (Phi) is 3.54. The van der Waals surface area contributed by atoms with Crippen molar-refractivity contribution in [2.24, 2.45) is 0 Å². The smallest absolute Gasteiger partial charge is 0.330 e. The number of benzene rings is 2. The summed E-state index contributed by atoms with van der Waals surface area (Å²) in [6.45, 7) is 0. The predicted molar refractivity (Wildman–Crippen MR) is 83.2 cm³/mol. The average molecular weight is 300 g/mol. The van der Waals surface area contributed by atoms with Crippen molar-refractivity contribution in [3.63, 3.8) is 0 Å². The van der Waals surface area contributed by atoms with Gasteiger partial charge in [-0.3, -0.25) is 4.57 Å². The van der Waals surface area contributed by atoms with E-state index in [0.29, 0.717) is 10.7 Å². The number of nitrogens with one attached hydrogen (secondary N) is 1. The highest BCUT2D eigenvalue weighted by Crippen LogP contribution is 2.22. The summed E-state index contributed by atoms with van der Waals surface area (Å²) in [7, 11) is 1.60. The van der Waals surface area contributed by atoms with Crippen LogP contribution in [0.5, 0.6) is 5.75 Å². The first kappa shape index (κ1) is 13.5. The van der Waals surface area contributed by atoms with Gasteiger partial charge in [-0.15, -0.1) is 0 Å². The molecule has 0 atom stereocenters. The zero-order valence-electron chi connectivity index (χ0n) is 11.3. The molecule has 1 radical (unpaired) electrons. The topological polar surface area (TPSA) is 43.3 Å². The molecule has 1 N–H and O–H groups in total. The standard InChI is InChI=1S/C16H12ClN2O2/c1-21-14-6-7-15-11(10-14)8-9-19(15)16(20)18-13-4-2-12(17)3-5-13/h2-7,9-10H,1H3,(H,18,20). The molecule has 0 spiro atoms. The van der Waals surface area contributed by atoms with Gasteiger partial charge in [0.25, 0.3) is 0 Å². The zero-order valence-corrected chi connectivity index (χ0v) is 12.0. The van der Waals surface area contributed by atoms with Gasteiger partial charge in [0.15, 0.2) is 0 Å². The third kappa shape index (κ3) is 2.71. The van der Waals surface area contributed by atoms with Gasteiger partial charge in [0.05, 0.1) is 12.6 Å². The average Bonchev–Trinajstić information content (AvgIpc) is 2.92. The van der Waals surface area contributed by atoms with Crippen molar-refractivity contribution in [3.05, 3.63) is 59.8 Å². The van der Waals surface area contributed by atoms with Crippen LogP contribution in [0.3, 0.4) is 0 Å². The van der Waals surface area contributed by atoms with Crippen molar-refractivity contribution in [3.8, 4) is 5.75 Å². The van der Waals surface area contributed by atoms with Gasteiger partial charge in [0.1, 0.15) is 5.75 Å². The van der Waals surface area contributed by atoms with Crippen LogP contribution in [0.1, 0.15) is 0 Å². The number of halogens is 1. The van der Waals surface area contributed by atoms with Crippen molar-refractivity contribution < 1.29 is 9.53 Å². The Balaban J connectivity index is 1.89. The van der Waals surface area contributed by atoms with Crippen LogP contribution >= 0.6 is 11.6 Å². The van der Waals surface area contributed by atoms with E-state index in [1.807, 2.05) is 18.2 Å². The predicted octanol–water partition coefficient (Wildman–Crippen LogP) is 4.18. The maximum Gasteiger partial charge on any atom is 0.330 e. The van der Waals surface area contributed by atoms with E-state index in [1.165, 1.54) is 4.57 Å². The van der Waals surface area contributed by atoms with Gasteiger partial charge in [-0.2, -0.15) is 0 Å². The summed E-state index contributed by atoms with van der Waals surface area (Å²) in [6.07, 6.45) is 1.61. The number of fused-ring (bicyclic) bond motifs is 1. The zero-order chi connectivity index (χ0) is 14.8. The van der Waals surface area contributed by atoms with Crippen LogP contribution in [0.2, 0.25) is 5.02 Å². The van der Waals surface area contributed by atoms with E-state index < -0.39 is 0 Å². The Hall–Kier alpha value is -2.46. The summed E-state index contributed by atoms with van der Waals surface area (Å²) in [5, 5.41) is 4.25. The van der Waals surface area contributed by atoms with E-state index in [2.05, 4.69) is 11.4 Å². The number of hydrogen-bond donors (Lipinski definition) is 1. The van der Waals surface area contributed by atoms with Gasteiger partial charge in [-0.05, 0) is 42.5 Å². The van der Waals surface area contributed by atoms with Crippen LogP contribution in [0.15, 0.2) is 48.7 Å². The molecule has 105 valence electrons. The summed E-state index contributed by atoms with van der Waals surface area (Å²) in [5.74, 6) is 0.731. The van der Waals surface area contributed by atoms with Gasteiger partial charge < -0.3 is 10.1 Å². The lowest BCUT2D eigenvalue weighted by atomic mass is 10.2. The number of nitrogens with zero attached hydrogens (tertiary/aromatic N) is 1. The minimum atomic E-state index is -0.256. The third-order valence-electron chi connectivity index (χ3n) is 3.13. The monoisotopic (exact) mass is 299 g/mol. The van der Waals surface area contributed by atoms with Crippen LogP contribution in [-0.4, -0.2) is 17.7 Å². The van der Waals surface area contributed by atoms with Crippen LogP contribution in [0.4, 0.5) is 10.5 Å². The number of carbonyl (C=O) groups is 1. The summed E-state index contributed by atoms with van der Waals surface area (Å²) in [4.78, 5) is 12.3. The van der Waals surface area contributed by atoms with Crippen molar-refractivity contribution in [1.29, 1.82) is 0 Å². The number of ether oxygens (including phenoxy) is 1. The molecule has 3 rings (SSSR count). The van der Waals surface area contributed by atoms with Crippen molar-refractivity contribution in [2.75, 3.05) is 12.4 Å². The van der Waals surface area contributed by atoms with Crippen molar-refractivity contribution in [2.45, 2.75) is 0 Å². The van der Waals surface area contributed by atoms with E-state index in [1.54, 1.807) is 37.6 Å². The molecule has 0 aliphatic carbocycles. The molecule has 0 fully saturated rings. The second kappa shape index (κ2) is 5.50. The molecular weight excluding hydrogens is 288 g/mol. The third-order valence-corrected chi connectivity index (χ3v) is 3.38. The second-order valence-corrected chi connectivity index (χ2v) is 4.90. The fraction of sp³-hybridized carbons (Fsp3) is 0.0625. The van der Waals surface area contributed by atoms with E-state index in [9.17, 15) is 4.79 Å². The first-order valence-electron chi connectivity index (χ1n) is 6.31. The maximum absolute atomic E-state index is 12.3. The molecule has 1 aromatic heterocycles. The van der Waals surface area contributed by atoms with Gasteiger partial charge in [0, 0.05) is 28.4 Å². The Morgan fingerprint density at radius 2 is 2.00 bits per heavy atom. The highest BCUT2D eigenvalue weighted by atomic mass is 35.5. The normalized spacial score (nSPS) is 10.6. The summed E-state index contributed by atoms with van der Waals surface area (Å²) >= 11 is 5.82. The fourth-order valence-electron chi connectivity index (χ4n) is 2.06. The highest BCUT2D eigenvalue weighted by molar-refractivity contribution is 6.30. The molecule has 4 nitrogen and oxygen atoms in total. The molecule has 2 aromatic carbocycles. The molecule has 1 heterocycles. The molecule has 0 unspecified atom stereocenters. The number of amides is 1. The molecular formula is C16H12ClN2O2. The SMILES string of the molecule is COc1ccc2c([c]cn2C(=O)Nc2ccc(Cl)cc2)c1. The number of aromatic nitrogens is 1. The molecule has 21 heavy (non-hydrogen) atoms. The quantitative estimate of drug-likeness (QED) is 0.771. The van der Waals surface area contributed by atoms with Crippen LogP contribution in [0, 0.1) is 6.07 Å². The molecule has 0 saturated carbocycles. The lowest BCUT2D eigenvalue weighted by molar-refractivity contribution is 0.254. The van der Waals surface area contributed by atoms with Gasteiger partial charge in [0.2, 0.25) is 0 Å². The Labute approximate surface area is 126 Å². The number of anilines is 1. The molecule has 0 aliphatic rings. The Morgan fingerprint density at radius 1 is 1.24 bits per heavy atom. The largest absolute Gasteiger partial charge is 0.497 e. The number of hydrogen-bond acceptors (Lipinski definition) is 2. The molecule has 1 amide bonds. The van der Waals surface area contributed by atoms with E-state index in [-0.39, 0.29) is 6.03 Å². The van der Waals surface area contributed by atoms with Gasteiger partial charge in [-0.25, -0.2) is 4.79 Å². The number of methoxy groups -OCH3 is 1. The van der Waals surface area contributed by atoms with E-state index in [0.717, 1.165) is 16.7 Å². The minimum absolute atomic E-state index is 0.256. The van der Waals surface area contributed by atoms with E-state index >= 15 is 0 Å². The number of rotatable bonds is 2. The second-order valence-electron chi connectivity index (χ2n) is 4.46. The molecule has 0 bridgehead atoms. The fourth-order valence-corrected chi connectivity index (χ4v) is 2.18. The number of carbonyl (C=O) groups excluding carboxylic acids is 1. The van der Waals surface area contributed by atoms with Crippen LogP contribution < -0.4 is 10.1 Å². The van der Waals surface area contributed by atoms with Crippen LogP contribution in [0.25, 0.3) is 10.9 Å². The lowest BCUT2D eigenvalue weighted by Crippen LogP contribution is -2.18. The first-order chi connectivity index (χ1) is 10.2. The molecule has 0 aliphatic heterocycles. The first-order valence-corrected chi connectivity index (χ1v) is 6.69. The summed E-state index contributed by atoms with van der Waals surface area (Å²) in [5.41, 5.74) is 1.45. The summed E-state index contributed by atoms with van der Waals surface area (Å²) < 4.78 is 6.66. The molecule has 5 heteroatoms. The maximum atomic E-state index is 12.3. The van der Waals surface area contributed by atoms with Crippen LogP contribution in [-0.2, 0) is 0 Å². The minimum Gasteiger partial charge on any atom is -0.497 e. The molecule has 0 saturated heterocycles. The highest BCUT2D eigenvalue weighted by Gasteiger charge is 2.10. The van der Waals surface area contributed by atoms with Gasteiger partial charge in [-0.1, -0.05) is 11.6 Å². The van der Waals surface area contributed by atoms with Gasteiger partial charge >= 0.3 is 6.03 Å². The Bertz CT molecular complexity index is 794. The van der Waals surface area contributed by atoms with Crippen molar-refractivity contribution in [1.82, 2.24) is 4.57 Å². The lowest BCUT2D eigenvalue weighted by Gasteiger charge is -2.07. The summed E-state index contributed by atoms with van der Waals surface area (Å²) in [6, 6.07) is 15.2. The Morgan fingerprint density at radius 3 is 2.71 bits per heavy atom. The van der Waals surface area contributed by atoms with E-state index in [4.69, 9.17) is 16.3 Å². The van der Waals surface area contributed by atoms with Crippen molar-refractivity contribution >= 4 is 34.2 Å².